The Balaban J connectivity index is 1.55. The molecule has 4 rings (SSSR count). The van der Waals surface area contributed by atoms with Crippen LogP contribution in [0.3, 0.4) is 0 Å². The molecule has 2 aliphatic heterocycles. The van der Waals surface area contributed by atoms with Crippen molar-refractivity contribution in [3.63, 3.8) is 0 Å². The highest BCUT2D eigenvalue weighted by Crippen LogP contribution is 2.29. The minimum Gasteiger partial charge on any atom is -0.492 e. The van der Waals surface area contributed by atoms with Gasteiger partial charge in [0.05, 0.1) is 24.3 Å². The number of aliphatic imine (C=N–C) groups is 1. The summed E-state index contributed by atoms with van der Waals surface area (Å²) in [5.41, 5.74) is 2.81. The Hall–Kier alpha value is -2.82. The van der Waals surface area contributed by atoms with Gasteiger partial charge in [0.15, 0.2) is 0 Å². The maximum Gasteiger partial charge on any atom is 0.262 e. The number of ether oxygens (including phenoxy) is 1. The third-order valence-corrected chi connectivity index (χ3v) is 4.30. The second-order valence-corrected chi connectivity index (χ2v) is 5.97. The number of anilines is 1. The minimum absolute atomic E-state index is 0.0395. The van der Waals surface area contributed by atoms with Crippen molar-refractivity contribution in [3.05, 3.63) is 59.7 Å². The van der Waals surface area contributed by atoms with Crippen LogP contribution >= 0.6 is 0 Å². The Bertz CT molecular complexity index is 816. The molecule has 2 heterocycles. The van der Waals surface area contributed by atoms with E-state index in [-0.39, 0.29) is 5.91 Å². The van der Waals surface area contributed by atoms with Crippen LogP contribution in [0.4, 0.5) is 5.69 Å². The number of hydrogen-bond donors (Lipinski definition) is 0. The maximum atomic E-state index is 12.6. The van der Waals surface area contributed by atoms with Crippen LogP contribution in [0, 0.1) is 6.92 Å². The molecule has 5 heteroatoms. The van der Waals surface area contributed by atoms with E-state index >= 15 is 0 Å². The van der Waals surface area contributed by atoms with Gasteiger partial charge < -0.3 is 9.64 Å². The van der Waals surface area contributed by atoms with Crippen molar-refractivity contribution in [2.45, 2.75) is 6.92 Å². The molecule has 0 atom stereocenters. The van der Waals surface area contributed by atoms with Crippen molar-refractivity contribution in [3.8, 4) is 5.75 Å². The van der Waals surface area contributed by atoms with E-state index < -0.39 is 0 Å². The molecule has 5 nitrogen and oxygen atoms in total. The van der Waals surface area contributed by atoms with Gasteiger partial charge in [-0.3, -0.25) is 14.7 Å². The zero-order valence-electron chi connectivity index (χ0n) is 13.6. The zero-order chi connectivity index (χ0) is 16.5. The first kappa shape index (κ1) is 14.8. The summed E-state index contributed by atoms with van der Waals surface area (Å²) in [7, 11) is 0. The SMILES string of the molecule is Cc1cccc(OCCN2C3=NCCN3C(=O)c3ccccc32)c1. The number of rotatable bonds is 4. The monoisotopic (exact) mass is 321 g/mol. The Morgan fingerprint density at radius 2 is 2.04 bits per heavy atom. The molecule has 1 amide bonds. The van der Waals surface area contributed by atoms with Gasteiger partial charge in [-0.05, 0) is 36.8 Å². The molecule has 0 N–H and O–H groups in total. The quantitative estimate of drug-likeness (QED) is 0.870. The molecule has 0 bridgehead atoms. The lowest BCUT2D eigenvalue weighted by Crippen LogP contribution is -2.51. The highest BCUT2D eigenvalue weighted by atomic mass is 16.5. The van der Waals surface area contributed by atoms with Gasteiger partial charge in [-0.1, -0.05) is 24.3 Å². The lowest BCUT2D eigenvalue weighted by molar-refractivity contribution is 0.0851. The number of guanidine groups is 1. The summed E-state index contributed by atoms with van der Waals surface area (Å²) in [6, 6.07) is 15.7. The van der Waals surface area contributed by atoms with E-state index in [1.807, 2.05) is 55.5 Å². The molecular formula is C19H19N3O2. The minimum atomic E-state index is 0.0395. The van der Waals surface area contributed by atoms with Gasteiger partial charge >= 0.3 is 0 Å². The fourth-order valence-electron chi connectivity index (χ4n) is 3.18. The van der Waals surface area contributed by atoms with E-state index in [4.69, 9.17) is 4.74 Å². The molecule has 0 unspecified atom stereocenters. The third kappa shape index (κ3) is 2.52. The number of amides is 1. The summed E-state index contributed by atoms with van der Waals surface area (Å²) < 4.78 is 5.88. The van der Waals surface area contributed by atoms with Crippen molar-refractivity contribution in [1.29, 1.82) is 0 Å². The van der Waals surface area contributed by atoms with Crippen LogP contribution in [-0.2, 0) is 0 Å². The number of benzene rings is 2. The highest BCUT2D eigenvalue weighted by Gasteiger charge is 2.36. The van der Waals surface area contributed by atoms with Gasteiger partial charge in [-0.15, -0.1) is 0 Å². The molecule has 122 valence electrons. The Kier molecular flexibility index (Phi) is 3.69. The number of carbonyl (C=O) groups excluding carboxylic acids is 1. The lowest BCUT2D eigenvalue weighted by Gasteiger charge is -2.35. The first-order valence-corrected chi connectivity index (χ1v) is 8.16. The first-order valence-electron chi connectivity index (χ1n) is 8.16. The largest absolute Gasteiger partial charge is 0.492 e. The molecule has 0 aliphatic carbocycles. The normalized spacial score (nSPS) is 15.9. The van der Waals surface area contributed by atoms with E-state index in [2.05, 4.69) is 9.89 Å². The van der Waals surface area contributed by atoms with Crippen LogP contribution in [0.1, 0.15) is 15.9 Å². The van der Waals surface area contributed by atoms with Crippen molar-refractivity contribution in [2.24, 2.45) is 4.99 Å². The van der Waals surface area contributed by atoms with Crippen LogP contribution in [0.2, 0.25) is 0 Å². The predicted octanol–water partition coefficient (Wildman–Crippen LogP) is 2.71. The fraction of sp³-hybridized carbons (Fsp3) is 0.263. The highest BCUT2D eigenvalue weighted by molar-refractivity contribution is 6.19. The molecule has 2 aromatic rings. The van der Waals surface area contributed by atoms with E-state index in [0.717, 1.165) is 23.0 Å². The lowest BCUT2D eigenvalue weighted by atomic mass is 10.1. The molecule has 2 aliphatic rings. The van der Waals surface area contributed by atoms with Gasteiger partial charge in [0.2, 0.25) is 5.96 Å². The maximum absolute atomic E-state index is 12.6. The molecule has 0 saturated heterocycles. The number of fused-ring (bicyclic) bond motifs is 2. The van der Waals surface area contributed by atoms with Gasteiger partial charge in [0.1, 0.15) is 12.4 Å². The molecule has 2 aromatic carbocycles. The van der Waals surface area contributed by atoms with Crippen LogP contribution in [0.25, 0.3) is 0 Å². The predicted molar refractivity (Wildman–Crippen MR) is 93.8 cm³/mol. The summed E-state index contributed by atoms with van der Waals surface area (Å²) in [5, 5.41) is 0. The standard InChI is InChI=1S/C19H19N3O2/c1-14-5-4-6-15(13-14)24-12-11-21-17-8-3-2-7-16(17)18(23)22-10-9-20-19(21)22/h2-8,13H,9-12H2,1H3. The smallest absolute Gasteiger partial charge is 0.262 e. The van der Waals surface area contributed by atoms with Gasteiger partial charge in [0.25, 0.3) is 5.91 Å². The van der Waals surface area contributed by atoms with Crippen LogP contribution in [0.5, 0.6) is 5.75 Å². The number of hydrogen-bond acceptors (Lipinski definition) is 4. The topological polar surface area (TPSA) is 45.1 Å². The number of para-hydroxylation sites is 1. The molecule has 24 heavy (non-hydrogen) atoms. The van der Waals surface area contributed by atoms with E-state index in [1.165, 1.54) is 5.56 Å². The zero-order valence-corrected chi connectivity index (χ0v) is 13.6. The van der Waals surface area contributed by atoms with Crippen molar-refractivity contribution >= 4 is 17.6 Å². The average Bonchev–Trinajstić information content (AvgIpc) is 3.08. The van der Waals surface area contributed by atoms with Crippen LogP contribution in [-0.4, -0.2) is 43.0 Å². The number of aryl methyl sites for hydroxylation is 1. The van der Waals surface area contributed by atoms with E-state index in [0.29, 0.717) is 26.2 Å². The molecule has 0 saturated carbocycles. The van der Waals surface area contributed by atoms with E-state index in [1.54, 1.807) is 4.90 Å². The van der Waals surface area contributed by atoms with Gasteiger partial charge in [0, 0.05) is 6.54 Å². The Morgan fingerprint density at radius 3 is 2.92 bits per heavy atom. The van der Waals surface area contributed by atoms with Gasteiger partial charge in [-0.2, -0.15) is 0 Å². The molecule has 0 spiro atoms. The second kappa shape index (κ2) is 6.00. The molecule has 0 aromatic heterocycles. The second-order valence-electron chi connectivity index (χ2n) is 5.97. The summed E-state index contributed by atoms with van der Waals surface area (Å²) in [6.45, 7) is 4.53. The fourth-order valence-corrected chi connectivity index (χ4v) is 3.18. The number of carbonyl (C=O) groups is 1. The van der Waals surface area contributed by atoms with Crippen molar-refractivity contribution < 1.29 is 9.53 Å². The van der Waals surface area contributed by atoms with Crippen molar-refractivity contribution in [2.75, 3.05) is 31.1 Å². The molecular weight excluding hydrogens is 302 g/mol. The summed E-state index contributed by atoms with van der Waals surface area (Å²) in [5.74, 6) is 1.64. The summed E-state index contributed by atoms with van der Waals surface area (Å²) in [4.78, 5) is 20.9. The Morgan fingerprint density at radius 1 is 1.17 bits per heavy atom. The Labute approximate surface area is 141 Å². The number of nitrogens with zero attached hydrogens (tertiary/aromatic N) is 3. The summed E-state index contributed by atoms with van der Waals surface area (Å²) in [6.07, 6.45) is 0. The first-order chi connectivity index (χ1) is 11.7. The molecule has 0 fully saturated rings. The van der Waals surface area contributed by atoms with Crippen LogP contribution < -0.4 is 9.64 Å². The van der Waals surface area contributed by atoms with Crippen molar-refractivity contribution in [1.82, 2.24) is 4.90 Å². The third-order valence-electron chi connectivity index (χ3n) is 4.30. The summed E-state index contributed by atoms with van der Waals surface area (Å²) >= 11 is 0. The van der Waals surface area contributed by atoms with Gasteiger partial charge in [-0.25, -0.2) is 0 Å². The average molecular weight is 321 g/mol. The van der Waals surface area contributed by atoms with E-state index in [9.17, 15) is 4.79 Å². The molecule has 0 radical (unpaired) electrons. The van der Waals surface area contributed by atoms with Crippen LogP contribution in [0.15, 0.2) is 53.5 Å².